The van der Waals surface area contributed by atoms with Gasteiger partial charge in [0.25, 0.3) is 0 Å². The molecule has 3 unspecified atom stereocenters. The third-order valence-electron chi connectivity index (χ3n) is 3.55. The van der Waals surface area contributed by atoms with Crippen molar-refractivity contribution in [3.63, 3.8) is 0 Å². The summed E-state index contributed by atoms with van der Waals surface area (Å²) in [7, 11) is 0. The maximum atomic E-state index is 13.8. The predicted octanol–water partition coefficient (Wildman–Crippen LogP) is 4.92. The van der Waals surface area contributed by atoms with Crippen molar-refractivity contribution in [1.29, 1.82) is 0 Å². The van der Waals surface area contributed by atoms with Gasteiger partial charge in [-0.3, -0.25) is 4.79 Å². The quantitative estimate of drug-likeness (QED) is 0.332. The highest BCUT2D eigenvalue weighted by Crippen LogP contribution is 2.60. The minimum Gasteiger partial charge on any atom is -0.441 e. The zero-order valence-corrected chi connectivity index (χ0v) is 15.6. The van der Waals surface area contributed by atoms with Crippen molar-refractivity contribution in [3.8, 4) is 12.3 Å². The molecule has 0 radical (unpaired) electrons. The Morgan fingerprint density at radius 3 is 2.67 bits per heavy atom. The van der Waals surface area contributed by atoms with Crippen LogP contribution in [0.4, 0.5) is 4.39 Å². The van der Waals surface area contributed by atoms with Crippen LogP contribution in [0.5, 0.6) is 0 Å². The first-order valence-corrected chi connectivity index (χ1v) is 8.48. The van der Waals surface area contributed by atoms with Gasteiger partial charge in [-0.15, -0.1) is 18.0 Å². The Morgan fingerprint density at radius 2 is 2.19 bits per heavy atom. The second-order valence-electron chi connectivity index (χ2n) is 5.33. The molecule has 1 fully saturated rings. The van der Waals surface area contributed by atoms with E-state index in [1.807, 2.05) is 19.9 Å². The molecule has 0 N–H and O–H groups in total. The summed E-state index contributed by atoms with van der Waals surface area (Å²) in [5, 5.41) is 0. The van der Waals surface area contributed by atoms with Crippen molar-refractivity contribution < 1.29 is 13.9 Å². The van der Waals surface area contributed by atoms with E-state index >= 15 is 0 Å². The van der Waals surface area contributed by atoms with E-state index in [9.17, 15) is 9.18 Å². The number of rotatable bonds is 6. The Labute approximate surface area is 146 Å². The highest BCUT2D eigenvalue weighted by molar-refractivity contribution is 9.28. The lowest BCUT2D eigenvalue weighted by Crippen LogP contribution is -2.20. The number of alkyl halides is 1. The number of carbonyl (C=O) groups excluding carboxylic acids is 1. The number of allylic oxidation sites excluding steroid dienone is 2. The van der Waals surface area contributed by atoms with Gasteiger partial charge in [-0.2, -0.15) is 0 Å². The second kappa shape index (κ2) is 7.80. The van der Waals surface area contributed by atoms with E-state index in [1.54, 1.807) is 0 Å². The molecule has 0 bridgehead atoms. The van der Waals surface area contributed by atoms with Crippen molar-refractivity contribution >= 4 is 49.4 Å². The van der Waals surface area contributed by atoms with Crippen molar-refractivity contribution in [3.05, 3.63) is 21.4 Å². The van der Waals surface area contributed by atoms with Crippen LogP contribution < -0.4 is 0 Å². The van der Waals surface area contributed by atoms with Crippen LogP contribution in [-0.4, -0.2) is 18.0 Å². The SMILES string of the molecule is C#CC(OC(=O)C1C(C=C(Br)Br)C1(C)C)C(F)=CCCCl. The molecule has 0 aromatic carbocycles. The lowest BCUT2D eigenvalue weighted by Gasteiger charge is -2.11. The molecule has 0 amide bonds. The van der Waals surface area contributed by atoms with Crippen LogP contribution in [0.25, 0.3) is 0 Å². The van der Waals surface area contributed by atoms with Crippen LogP contribution in [0.3, 0.4) is 0 Å². The van der Waals surface area contributed by atoms with Crippen LogP contribution in [0.2, 0.25) is 0 Å². The smallest absolute Gasteiger partial charge is 0.311 e. The maximum absolute atomic E-state index is 13.8. The van der Waals surface area contributed by atoms with Crippen molar-refractivity contribution in [2.45, 2.75) is 26.4 Å². The summed E-state index contributed by atoms with van der Waals surface area (Å²) in [6.45, 7) is 3.90. The molecule has 0 aliphatic heterocycles. The van der Waals surface area contributed by atoms with E-state index in [1.165, 1.54) is 6.08 Å². The van der Waals surface area contributed by atoms with Gasteiger partial charge < -0.3 is 4.74 Å². The average Bonchev–Trinajstić information content (AvgIpc) is 2.93. The zero-order chi connectivity index (χ0) is 16.2. The summed E-state index contributed by atoms with van der Waals surface area (Å²) in [4.78, 5) is 12.2. The first-order chi connectivity index (χ1) is 9.75. The average molecular weight is 443 g/mol. The number of hydrogen-bond acceptors (Lipinski definition) is 2. The molecular weight excluding hydrogens is 426 g/mol. The molecule has 21 heavy (non-hydrogen) atoms. The van der Waals surface area contributed by atoms with Gasteiger partial charge in [0.05, 0.1) is 9.31 Å². The van der Waals surface area contributed by atoms with E-state index < -0.39 is 17.9 Å². The summed E-state index contributed by atoms with van der Waals surface area (Å²) >= 11 is 12.0. The lowest BCUT2D eigenvalue weighted by molar-refractivity contribution is -0.148. The minimum absolute atomic E-state index is 0.0204. The van der Waals surface area contributed by atoms with Crippen molar-refractivity contribution in [2.75, 3.05) is 5.88 Å². The highest BCUT2D eigenvalue weighted by Gasteiger charge is 2.61. The topological polar surface area (TPSA) is 26.3 Å². The van der Waals surface area contributed by atoms with Gasteiger partial charge in [-0.25, -0.2) is 4.39 Å². The largest absolute Gasteiger partial charge is 0.441 e. The van der Waals surface area contributed by atoms with Gasteiger partial charge >= 0.3 is 5.97 Å². The fraction of sp³-hybridized carbons (Fsp3) is 0.533. The third-order valence-corrected chi connectivity index (χ3v) is 4.30. The van der Waals surface area contributed by atoms with E-state index in [0.29, 0.717) is 6.42 Å². The van der Waals surface area contributed by atoms with Crippen molar-refractivity contribution in [2.24, 2.45) is 17.3 Å². The van der Waals surface area contributed by atoms with Crippen LogP contribution >= 0.6 is 43.5 Å². The van der Waals surface area contributed by atoms with Crippen LogP contribution in [0.15, 0.2) is 21.4 Å². The molecule has 6 heteroatoms. The predicted molar refractivity (Wildman–Crippen MR) is 89.9 cm³/mol. The molecule has 0 saturated heterocycles. The fourth-order valence-electron chi connectivity index (χ4n) is 2.23. The first-order valence-electron chi connectivity index (χ1n) is 6.36. The monoisotopic (exact) mass is 440 g/mol. The summed E-state index contributed by atoms with van der Waals surface area (Å²) in [5.74, 6) is 0.968. The number of hydrogen-bond donors (Lipinski definition) is 0. The van der Waals surface area contributed by atoms with Crippen LogP contribution in [0.1, 0.15) is 20.3 Å². The number of ether oxygens (including phenoxy) is 1. The number of terminal acetylenes is 1. The standard InChI is InChI=1S/C15H16Br2ClFO2/c1-4-11(10(19)6-5-7-18)21-14(20)13-9(8-12(16)17)15(13,2)3/h1,6,8-9,11,13H,5,7H2,2-3H3. The van der Waals surface area contributed by atoms with Gasteiger partial charge in [0.15, 0.2) is 0 Å². The Morgan fingerprint density at radius 1 is 1.57 bits per heavy atom. The number of halogens is 4. The molecule has 1 rings (SSSR count). The number of esters is 1. The number of carbonyl (C=O) groups is 1. The minimum atomic E-state index is -1.28. The maximum Gasteiger partial charge on any atom is 0.311 e. The molecule has 1 aliphatic carbocycles. The van der Waals surface area contributed by atoms with Crippen molar-refractivity contribution in [1.82, 2.24) is 0 Å². The third kappa shape index (κ3) is 4.84. The molecule has 0 spiro atoms. The summed E-state index contributed by atoms with van der Waals surface area (Å²) in [6.07, 6.45) is 7.41. The van der Waals surface area contributed by atoms with E-state index in [4.69, 9.17) is 22.8 Å². The Kier molecular flexibility index (Phi) is 6.96. The van der Waals surface area contributed by atoms with E-state index in [0.717, 1.165) is 3.39 Å². The molecule has 3 atom stereocenters. The van der Waals surface area contributed by atoms with E-state index in [-0.39, 0.29) is 23.1 Å². The zero-order valence-electron chi connectivity index (χ0n) is 11.7. The van der Waals surface area contributed by atoms with E-state index in [2.05, 4.69) is 37.8 Å². The van der Waals surface area contributed by atoms with Gasteiger partial charge in [-0.05, 0) is 55.7 Å². The second-order valence-corrected chi connectivity index (χ2v) is 8.48. The first kappa shape index (κ1) is 18.7. The fourth-order valence-corrected chi connectivity index (χ4v) is 2.91. The lowest BCUT2D eigenvalue weighted by atomic mass is 10.1. The van der Waals surface area contributed by atoms with Gasteiger partial charge in [0, 0.05) is 5.88 Å². The Balaban J connectivity index is 2.73. The molecule has 0 aromatic rings. The molecule has 1 saturated carbocycles. The van der Waals surface area contributed by atoms with Gasteiger partial charge in [0.1, 0.15) is 5.83 Å². The van der Waals surface area contributed by atoms with Crippen LogP contribution in [0, 0.1) is 29.6 Å². The summed E-state index contributed by atoms with van der Waals surface area (Å²) in [6, 6.07) is 0. The molecule has 0 heterocycles. The van der Waals surface area contributed by atoms with Gasteiger partial charge in [-0.1, -0.05) is 25.8 Å². The Hall–Kier alpha value is -0.310. The van der Waals surface area contributed by atoms with Crippen LogP contribution in [-0.2, 0) is 9.53 Å². The molecule has 0 aromatic heterocycles. The summed E-state index contributed by atoms with van der Waals surface area (Å²) in [5.41, 5.74) is -0.237. The highest BCUT2D eigenvalue weighted by atomic mass is 79.9. The Bertz CT molecular complexity index is 504. The normalized spacial score (nSPS) is 24.7. The van der Waals surface area contributed by atoms with Gasteiger partial charge in [0.2, 0.25) is 6.10 Å². The molecular formula is C15H16Br2ClFO2. The molecule has 2 nitrogen and oxygen atoms in total. The summed E-state index contributed by atoms with van der Waals surface area (Å²) < 4.78 is 19.6. The molecule has 116 valence electrons. The molecule has 1 aliphatic rings.